The molecule has 0 bridgehead atoms. The van der Waals surface area contributed by atoms with Gasteiger partial charge in [0.25, 0.3) is 0 Å². The Labute approximate surface area is 221 Å². The molecule has 3 aromatic rings. The molecule has 0 aliphatic carbocycles. The molecule has 3 heterocycles. The Kier molecular flexibility index (Phi) is 7.32. The normalized spacial score (nSPS) is 20.2. The van der Waals surface area contributed by atoms with E-state index >= 15 is 0 Å². The summed E-state index contributed by atoms with van der Waals surface area (Å²) in [5, 5.41) is 5.65. The molecule has 1 fully saturated rings. The van der Waals surface area contributed by atoms with Crippen molar-refractivity contribution in [3.63, 3.8) is 0 Å². The maximum atomic E-state index is 13.5. The molecule has 0 radical (unpaired) electrons. The van der Waals surface area contributed by atoms with Gasteiger partial charge in [-0.25, -0.2) is 4.79 Å². The Morgan fingerprint density at radius 3 is 2.64 bits per heavy atom. The van der Waals surface area contributed by atoms with Crippen LogP contribution in [-0.2, 0) is 11.2 Å². The second kappa shape index (κ2) is 10.6. The largest absolute Gasteiger partial charge is 0.338 e. The van der Waals surface area contributed by atoms with E-state index in [-0.39, 0.29) is 24.0 Å². The molecule has 1 aromatic heterocycles. The number of urea groups is 1. The Hall–Kier alpha value is -2.87. The first-order chi connectivity index (χ1) is 17.4. The van der Waals surface area contributed by atoms with E-state index in [1.165, 1.54) is 21.6 Å². The van der Waals surface area contributed by atoms with Crippen LogP contribution in [-0.4, -0.2) is 65.4 Å². The third-order valence-electron chi connectivity index (χ3n) is 7.11. The number of nitrogens with one attached hydrogen (secondary N) is 1. The zero-order chi connectivity index (χ0) is 25.2. The standard InChI is InChI=1S/C28H31ClN4O2S/c1-19-6-8-21(9-7-19)27-24-11-15-36-25(24)10-12-32(27)18-26(34)31-13-14-33(20(2)17-31)28(35)30-23-5-3-4-22(29)16-23/h3-9,11,15-16,20,27H,10,12-14,17-18H2,1-2H3,(H,30,35). The lowest BCUT2D eigenvalue weighted by Crippen LogP contribution is -2.58. The van der Waals surface area contributed by atoms with Crippen LogP contribution in [0.15, 0.2) is 60.0 Å². The van der Waals surface area contributed by atoms with Crippen LogP contribution in [0.3, 0.4) is 0 Å². The van der Waals surface area contributed by atoms with Gasteiger partial charge < -0.3 is 15.1 Å². The van der Waals surface area contributed by atoms with Gasteiger partial charge in [0.15, 0.2) is 0 Å². The van der Waals surface area contributed by atoms with Crippen molar-refractivity contribution in [1.82, 2.24) is 14.7 Å². The number of rotatable bonds is 4. The molecular weight excluding hydrogens is 492 g/mol. The van der Waals surface area contributed by atoms with E-state index in [0.717, 1.165) is 13.0 Å². The number of piperazine rings is 1. The van der Waals surface area contributed by atoms with Crippen LogP contribution >= 0.6 is 22.9 Å². The summed E-state index contributed by atoms with van der Waals surface area (Å²) in [6.07, 6.45) is 0.969. The fraction of sp³-hybridized carbons (Fsp3) is 0.357. The average molecular weight is 523 g/mol. The van der Waals surface area contributed by atoms with Crippen LogP contribution in [0.4, 0.5) is 10.5 Å². The maximum Gasteiger partial charge on any atom is 0.322 e. The molecule has 2 aromatic carbocycles. The van der Waals surface area contributed by atoms with Gasteiger partial charge in [-0.3, -0.25) is 9.69 Å². The summed E-state index contributed by atoms with van der Waals surface area (Å²) in [6.45, 7) is 6.86. The molecule has 2 aliphatic heterocycles. The summed E-state index contributed by atoms with van der Waals surface area (Å²) in [5.41, 5.74) is 4.44. The molecule has 2 aliphatic rings. The van der Waals surface area contributed by atoms with Crippen molar-refractivity contribution in [3.8, 4) is 0 Å². The number of amides is 3. The number of hydrogen-bond donors (Lipinski definition) is 1. The van der Waals surface area contributed by atoms with Gasteiger partial charge in [0.1, 0.15) is 0 Å². The van der Waals surface area contributed by atoms with Gasteiger partial charge in [-0.05, 0) is 61.0 Å². The van der Waals surface area contributed by atoms with Crippen LogP contribution in [0.25, 0.3) is 0 Å². The Morgan fingerprint density at radius 2 is 1.89 bits per heavy atom. The molecule has 8 heteroatoms. The van der Waals surface area contributed by atoms with Gasteiger partial charge in [-0.15, -0.1) is 11.3 Å². The van der Waals surface area contributed by atoms with E-state index in [1.807, 2.05) is 35.3 Å². The number of hydrogen-bond acceptors (Lipinski definition) is 4. The van der Waals surface area contributed by atoms with Crippen LogP contribution in [0.2, 0.25) is 5.02 Å². The number of carbonyl (C=O) groups excluding carboxylic acids is 2. The Balaban J connectivity index is 1.24. The third-order valence-corrected chi connectivity index (χ3v) is 8.35. The summed E-state index contributed by atoms with van der Waals surface area (Å²) in [4.78, 5) is 33.7. The van der Waals surface area contributed by atoms with Crippen molar-refractivity contribution in [1.29, 1.82) is 0 Å². The van der Waals surface area contributed by atoms with E-state index in [4.69, 9.17) is 11.6 Å². The zero-order valence-electron chi connectivity index (χ0n) is 20.6. The smallest absolute Gasteiger partial charge is 0.322 e. The van der Waals surface area contributed by atoms with E-state index in [0.29, 0.717) is 36.9 Å². The fourth-order valence-corrected chi connectivity index (χ4v) is 6.29. The zero-order valence-corrected chi connectivity index (χ0v) is 22.2. The number of nitrogens with zero attached hydrogens (tertiary/aromatic N) is 3. The summed E-state index contributed by atoms with van der Waals surface area (Å²) >= 11 is 7.85. The number of anilines is 1. The number of fused-ring (bicyclic) bond motifs is 1. The van der Waals surface area contributed by atoms with Gasteiger partial charge in [0.05, 0.1) is 12.6 Å². The number of halogens is 1. The fourth-order valence-electron chi connectivity index (χ4n) is 5.20. The molecule has 6 nitrogen and oxygen atoms in total. The Morgan fingerprint density at radius 1 is 1.08 bits per heavy atom. The number of carbonyl (C=O) groups is 2. The summed E-state index contributed by atoms with van der Waals surface area (Å²) in [7, 11) is 0. The minimum atomic E-state index is -0.169. The van der Waals surface area contributed by atoms with E-state index in [2.05, 4.69) is 52.9 Å². The number of aryl methyl sites for hydroxylation is 1. The monoisotopic (exact) mass is 522 g/mol. The predicted octanol–water partition coefficient (Wildman–Crippen LogP) is 5.42. The van der Waals surface area contributed by atoms with Crippen molar-refractivity contribution in [2.75, 3.05) is 38.0 Å². The molecule has 0 spiro atoms. The van der Waals surface area contributed by atoms with Crippen LogP contribution in [0, 0.1) is 6.92 Å². The topological polar surface area (TPSA) is 55.9 Å². The molecule has 3 amide bonds. The highest BCUT2D eigenvalue weighted by Crippen LogP contribution is 2.37. The molecular formula is C28H31ClN4O2S. The third kappa shape index (κ3) is 5.28. The van der Waals surface area contributed by atoms with E-state index in [9.17, 15) is 9.59 Å². The van der Waals surface area contributed by atoms with Crippen LogP contribution in [0.1, 0.15) is 34.5 Å². The summed E-state index contributed by atoms with van der Waals surface area (Å²) in [5.74, 6) is 0.118. The summed E-state index contributed by atoms with van der Waals surface area (Å²) < 4.78 is 0. The lowest BCUT2D eigenvalue weighted by Gasteiger charge is -2.41. The molecule has 1 N–H and O–H groups in total. The number of thiophene rings is 1. The molecule has 188 valence electrons. The first-order valence-corrected chi connectivity index (χ1v) is 13.6. The summed E-state index contributed by atoms with van der Waals surface area (Å²) in [6, 6.07) is 17.8. The first-order valence-electron chi connectivity index (χ1n) is 12.4. The second-order valence-electron chi connectivity index (χ2n) is 9.66. The van der Waals surface area contributed by atoms with Crippen molar-refractivity contribution in [2.24, 2.45) is 0 Å². The first kappa shape index (κ1) is 24.8. The molecule has 2 atom stereocenters. The molecule has 1 saturated heterocycles. The van der Waals surface area contributed by atoms with Gasteiger partial charge in [0.2, 0.25) is 5.91 Å². The van der Waals surface area contributed by atoms with Gasteiger partial charge in [-0.2, -0.15) is 0 Å². The van der Waals surface area contributed by atoms with Gasteiger partial charge >= 0.3 is 6.03 Å². The second-order valence-corrected chi connectivity index (χ2v) is 11.1. The maximum absolute atomic E-state index is 13.5. The Bertz CT molecular complexity index is 1240. The molecule has 0 saturated carbocycles. The number of benzene rings is 2. The highest BCUT2D eigenvalue weighted by atomic mass is 35.5. The highest BCUT2D eigenvalue weighted by Gasteiger charge is 2.34. The van der Waals surface area contributed by atoms with Crippen molar-refractivity contribution in [2.45, 2.75) is 32.4 Å². The van der Waals surface area contributed by atoms with Crippen LogP contribution in [0.5, 0.6) is 0 Å². The van der Waals surface area contributed by atoms with Gasteiger partial charge in [0, 0.05) is 47.8 Å². The van der Waals surface area contributed by atoms with Crippen molar-refractivity contribution in [3.05, 3.63) is 86.6 Å². The van der Waals surface area contributed by atoms with E-state index < -0.39 is 0 Å². The van der Waals surface area contributed by atoms with Gasteiger partial charge in [-0.1, -0.05) is 47.5 Å². The lowest BCUT2D eigenvalue weighted by molar-refractivity contribution is -0.135. The molecule has 2 unspecified atom stereocenters. The highest BCUT2D eigenvalue weighted by molar-refractivity contribution is 7.10. The predicted molar refractivity (Wildman–Crippen MR) is 146 cm³/mol. The molecule has 5 rings (SSSR count). The van der Waals surface area contributed by atoms with E-state index in [1.54, 1.807) is 17.0 Å². The van der Waals surface area contributed by atoms with Crippen molar-refractivity contribution < 1.29 is 9.59 Å². The minimum absolute atomic E-state index is 0.0837. The lowest BCUT2D eigenvalue weighted by atomic mass is 9.92. The molecule has 36 heavy (non-hydrogen) atoms. The van der Waals surface area contributed by atoms with Crippen molar-refractivity contribution >= 4 is 40.6 Å². The quantitative estimate of drug-likeness (QED) is 0.497. The SMILES string of the molecule is Cc1ccc(C2c3ccsc3CCN2CC(=O)N2CCN(C(=O)Nc3cccc(Cl)c3)C(C)C2)cc1. The van der Waals surface area contributed by atoms with Crippen LogP contribution < -0.4 is 5.32 Å². The minimum Gasteiger partial charge on any atom is -0.338 e. The average Bonchev–Trinajstić information content (AvgIpc) is 3.33.